The first-order chi connectivity index (χ1) is 15.5. The summed E-state index contributed by atoms with van der Waals surface area (Å²) in [6.45, 7) is 7.36. The third-order valence-corrected chi connectivity index (χ3v) is 5.51. The SMILES string of the molecule is CN(CC1CCN(C(=O)CCc2ncc(-c3ccc(F)cc3F)o2)CC1)C(=O)OC(C)(C)C. The largest absolute Gasteiger partial charge is 0.444 e. The number of likely N-dealkylation sites (tertiary alicyclic amines) is 1. The fourth-order valence-electron chi connectivity index (χ4n) is 3.78. The second-order valence-corrected chi connectivity index (χ2v) is 9.43. The summed E-state index contributed by atoms with van der Waals surface area (Å²) in [5, 5.41) is 0. The summed E-state index contributed by atoms with van der Waals surface area (Å²) < 4.78 is 37.9. The second kappa shape index (κ2) is 10.3. The predicted molar refractivity (Wildman–Crippen MR) is 118 cm³/mol. The van der Waals surface area contributed by atoms with Crippen LogP contribution in [0.15, 0.2) is 28.8 Å². The van der Waals surface area contributed by atoms with E-state index in [0.29, 0.717) is 37.9 Å². The molecule has 2 aromatic rings. The molecule has 2 heterocycles. The molecule has 1 aliphatic rings. The maximum atomic E-state index is 13.9. The Hall–Kier alpha value is -2.97. The number of ether oxygens (including phenoxy) is 1. The van der Waals surface area contributed by atoms with Crippen LogP contribution in [0, 0.1) is 17.6 Å². The minimum atomic E-state index is -0.728. The van der Waals surface area contributed by atoms with Gasteiger partial charge in [-0.15, -0.1) is 0 Å². The molecular formula is C24H31F2N3O4. The van der Waals surface area contributed by atoms with Gasteiger partial charge in [0.05, 0.1) is 11.8 Å². The standard InChI is InChI=1S/C24H31F2N3O4/c1-24(2,3)33-23(31)28(4)15-16-9-11-29(12-10-16)22(30)8-7-21-27-14-20(32-21)18-6-5-17(25)13-19(18)26/h5-6,13-14,16H,7-12,15H2,1-4H3. The molecule has 0 saturated carbocycles. The molecule has 1 aromatic carbocycles. The number of nitrogens with zero attached hydrogens (tertiary/aromatic N) is 3. The van der Waals surface area contributed by atoms with Crippen LogP contribution in [0.3, 0.4) is 0 Å². The van der Waals surface area contributed by atoms with Gasteiger partial charge in [-0.3, -0.25) is 4.79 Å². The van der Waals surface area contributed by atoms with Crippen molar-refractivity contribution >= 4 is 12.0 Å². The molecule has 1 aromatic heterocycles. The quantitative estimate of drug-likeness (QED) is 0.623. The molecule has 3 rings (SSSR count). The van der Waals surface area contributed by atoms with Crippen molar-refractivity contribution in [2.24, 2.45) is 5.92 Å². The molecule has 9 heteroatoms. The molecule has 1 aliphatic heterocycles. The highest BCUT2D eigenvalue weighted by Crippen LogP contribution is 2.25. The van der Waals surface area contributed by atoms with Crippen LogP contribution in [-0.4, -0.2) is 59.1 Å². The molecule has 0 bridgehead atoms. The van der Waals surface area contributed by atoms with Crippen LogP contribution in [0.1, 0.15) is 45.9 Å². The van der Waals surface area contributed by atoms with Crippen LogP contribution in [0.2, 0.25) is 0 Å². The number of oxazole rings is 1. The number of halogens is 2. The summed E-state index contributed by atoms with van der Waals surface area (Å²) in [6.07, 6.45) is 3.18. The number of piperidine rings is 1. The van der Waals surface area contributed by atoms with E-state index in [1.54, 1.807) is 11.9 Å². The van der Waals surface area contributed by atoms with E-state index in [2.05, 4.69) is 4.98 Å². The smallest absolute Gasteiger partial charge is 0.410 e. The molecule has 1 saturated heterocycles. The van der Waals surface area contributed by atoms with E-state index in [-0.39, 0.29) is 29.7 Å². The number of amides is 2. The minimum absolute atomic E-state index is 0.00154. The molecular weight excluding hydrogens is 432 g/mol. The summed E-state index contributed by atoms with van der Waals surface area (Å²) in [5.41, 5.74) is -0.405. The van der Waals surface area contributed by atoms with Crippen molar-refractivity contribution in [3.05, 3.63) is 41.9 Å². The van der Waals surface area contributed by atoms with E-state index < -0.39 is 17.2 Å². The lowest BCUT2D eigenvalue weighted by atomic mass is 9.96. The fraction of sp³-hybridized carbons (Fsp3) is 0.542. The molecule has 0 radical (unpaired) electrons. The molecule has 7 nitrogen and oxygen atoms in total. The van der Waals surface area contributed by atoms with Gasteiger partial charge in [0, 0.05) is 45.6 Å². The number of aromatic nitrogens is 1. The van der Waals surface area contributed by atoms with Gasteiger partial charge in [0.1, 0.15) is 17.2 Å². The number of rotatable bonds is 6. The maximum absolute atomic E-state index is 13.9. The van der Waals surface area contributed by atoms with Gasteiger partial charge < -0.3 is 19.0 Å². The maximum Gasteiger partial charge on any atom is 0.410 e. The zero-order chi connectivity index (χ0) is 24.2. The van der Waals surface area contributed by atoms with Gasteiger partial charge in [0.2, 0.25) is 5.91 Å². The Balaban J connectivity index is 1.44. The lowest BCUT2D eigenvalue weighted by Gasteiger charge is -2.34. The van der Waals surface area contributed by atoms with E-state index in [4.69, 9.17) is 9.15 Å². The Morgan fingerprint density at radius 1 is 1.24 bits per heavy atom. The first-order valence-electron chi connectivity index (χ1n) is 11.1. The summed E-state index contributed by atoms with van der Waals surface area (Å²) >= 11 is 0. The van der Waals surface area contributed by atoms with E-state index in [9.17, 15) is 18.4 Å². The van der Waals surface area contributed by atoms with Crippen molar-refractivity contribution in [3.8, 4) is 11.3 Å². The molecule has 2 amide bonds. The highest BCUT2D eigenvalue weighted by Gasteiger charge is 2.26. The van der Waals surface area contributed by atoms with Crippen LogP contribution in [0.25, 0.3) is 11.3 Å². The molecule has 0 atom stereocenters. The van der Waals surface area contributed by atoms with Gasteiger partial charge in [-0.25, -0.2) is 18.6 Å². The summed E-state index contributed by atoms with van der Waals surface area (Å²) in [4.78, 5) is 32.3. The third kappa shape index (κ3) is 7.00. The first-order valence-corrected chi connectivity index (χ1v) is 11.1. The minimum Gasteiger partial charge on any atom is -0.444 e. The van der Waals surface area contributed by atoms with E-state index in [0.717, 1.165) is 25.0 Å². The summed E-state index contributed by atoms with van der Waals surface area (Å²) in [6, 6.07) is 3.24. The summed E-state index contributed by atoms with van der Waals surface area (Å²) in [7, 11) is 1.73. The second-order valence-electron chi connectivity index (χ2n) is 9.43. The van der Waals surface area contributed by atoms with Crippen molar-refractivity contribution in [2.75, 3.05) is 26.7 Å². The van der Waals surface area contributed by atoms with Gasteiger partial charge in [0.15, 0.2) is 11.7 Å². The molecule has 33 heavy (non-hydrogen) atoms. The van der Waals surface area contributed by atoms with Crippen molar-refractivity contribution < 1.29 is 27.5 Å². The highest BCUT2D eigenvalue weighted by molar-refractivity contribution is 5.76. The van der Waals surface area contributed by atoms with Crippen molar-refractivity contribution in [1.82, 2.24) is 14.8 Å². The van der Waals surface area contributed by atoms with Gasteiger partial charge in [0.25, 0.3) is 0 Å². The molecule has 0 aliphatic carbocycles. The topological polar surface area (TPSA) is 75.9 Å². The Kier molecular flexibility index (Phi) is 7.71. The zero-order valence-corrected chi connectivity index (χ0v) is 19.6. The number of hydrogen-bond donors (Lipinski definition) is 0. The van der Waals surface area contributed by atoms with Crippen LogP contribution < -0.4 is 0 Å². The van der Waals surface area contributed by atoms with E-state index in [1.807, 2.05) is 25.7 Å². The van der Waals surface area contributed by atoms with Crippen molar-refractivity contribution in [2.45, 2.75) is 52.1 Å². The average Bonchev–Trinajstić information content (AvgIpc) is 3.20. The summed E-state index contributed by atoms with van der Waals surface area (Å²) in [5.74, 6) is -0.551. The Morgan fingerprint density at radius 3 is 2.58 bits per heavy atom. The Bertz CT molecular complexity index is 978. The molecule has 0 spiro atoms. The normalized spacial score (nSPS) is 14.9. The third-order valence-electron chi connectivity index (χ3n) is 5.51. The van der Waals surface area contributed by atoms with E-state index >= 15 is 0 Å². The number of hydrogen-bond acceptors (Lipinski definition) is 5. The number of carbonyl (C=O) groups excluding carboxylic acids is 2. The highest BCUT2D eigenvalue weighted by atomic mass is 19.1. The number of aryl methyl sites for hydroxylation is 1. The average molecular weight is 464 g/mol. The number of benzene rings is 1. The van der Waals surface area contributed by atoms with Gasteiger partial charge in [-0.2, -0.15) is 0 Å². The lowest BCUT2D eigenvalue weighted by molar-refractivity contribution is -0.132. The monoisotopic (exact) mass is 463 g/mol. The van der Waals surface area contributed by atoms with E-state index in [1.165, 1.54) is 12.3 Å². The van der Waals surface area contributed by atoms with Gasteiger partial charge in [-0.05, 0) is 51.7 Å². The first kappa shape index (κ1) is 24.7. The Morgan fingerprint density at radius 2 is 1.94 bits per heavy atom. The Labute approximate surface area is 192 Å². The molecule has 0 N–H and O–H groups in total. The number of carbonyl (C=O) groups is 2. The molecule has 180 valence electrons. The van der Waals surface area contributed by atoms with Crippen LogP contribution >= 0.6 is 0 Å². The van der Waals surface area contributed by atoms with Gasteiger partial charge >= 0.3 is 6.09 Å². The zero-order valence-electron chi connectivity index (χ0n) is 19.6. The predicted octanol–water partition coefficient (Wildman–Crippen LogP) is 4.66. The van der Waals surface area contributed by atoms with Crippen LogP contribution in [0.5, 0.6) is 0 Å². The van der Waals surface area contributed by atoms with Crippen LogP contribution in [0.4, 0.5) is 13.6 Å². The fourth-order valence-corrected chi connectivity index (χ4v) is 3.78. The van der Waals surface area contributed by atoms with Crippen molar-refractivity contribution in [3.63, 3.8) is 0 Å². The molecule has 1 fully saturated rings. The molecule has 0 unspecified atom stereocenters. The van der Waals surface area contributed by atoms with Gasteiger partial charge in [-0.1, -0.05) is 0 Å². The lowest BCUT2D eigenvalue weighted by Crippen LogP contribution is -2.43. The van der Waals surface area contributed by atoms with Crippen molar-refractivity contribution in [1.29, 1.82) is 0 Å². The van der Waals surface area contributed by atoms with Crippen LogP contribution in [-0.2, 0) is 16.0 Å².